The molecule has 6 nitrogen and oxygen atoms in total. The van der Waals surface area contributed by atoms with Crippen molar-refractivity contribution in [1.29, 1.82) is 0 Å². The van der Waals surface area contributed by atoms with Gasteiger partial charge >= 0.3 is 5.97 Å². The molecule has 0 fully saturated rings. The van der Waals surface area contributed by atoms with Gasteiger partial charge in [-0.2, -0.15) is 0 Å². The molecule has 0 saturated carbocycles. The Morgan fingerprint density at radius 2 is 1.52 bits per heavy atom. The summed E-state index contributed by atoms with van der Waals surface area (Å²) in [7, 11) is 0. The molecule has 0 aliphatic rings. The Morgan fingerprint density at radius 3 is 2.07 bits per heavy atom. The summed E-state index contributed by atoms with van der Waals surface area (Å²) < 4.78 is 15.8. The number of ether oxygens (including phenoxy) is 3. The second-order valence-corrected chi connectivity index (χ2v) is 5.86. The van der Waals surface area contributed by atoms with E-state index in [1.165, 1.54) is 12.5 Å². The van der Waals surface area contributed by atoms with Crippen LogP contribution in [0.5, 0.6) is 11.5 Å². The largest absolute Gasteiger partial charge is 0.494 e. The van der Waals surface area contributed by atoms with E-state index in [0.717, 1.165) is 12.2 Å². The van der Waals surface area contributed by atoms with Crippen LogP contribution in [0.15, 0.2) is 48.5 Å². The van der Waals surface area contributed by atoms with E-state index >= 15 is 0 Å². The van der Waals surface area contributed by atoms with Crippen LogP contribution in [-0.2, 0) is 20.7 Å². The van der Waals surface area contributed by atoms with Crippen molar-refractivity contribution in [2.24, 2.45) is 0 Å². The smallest absolute Gasteiger partial charge is 0.344 e. The van der Waals surface area contributed by atoms with Crippen LogP contribution in [0.25, 0.3) is 0 Å². The molecule has 2 aromatic rings. The number of carbonyl (C=O) groups is 2. The minimum absolute atomic E-state index is 0.281. The summed E-state index contributed by atoms with van der Waals surface area (Å²) in [6, 6.07) is 14.4. The first-order valence-electron chi connectivity index (χ1n) is 8.96. The number of esters is 1. The Labute approximate surface area is 159 Å². The fraction of sp³-hybridized carbons (Fsp3) is 0.333. The molecule has 2 aromatic carbocycles. The molecule has 0 aromatic heterocycles. The maximum absolute atomic E-state index is 12.1. The molecule has 1 atom stereocenters. The lowest BCUT2D eigenvalue weighted by Crippen LogP contribution is -2.31. The molecule has 0 unspecified atom stereocenters. The van der Waals surface area contributed by atoms with E-state index in [2.05, 4.69) is 12.2 Å². The number of hydrogen-bond donors (Lipinski definition) is 1. The summed E-state index contributed by atoms with van der Waals surface area (Å²) in [6.45, 7) is 5.78. The van der Waals surface area contributed by atoms with Crippen molar-refractivity contribution >= 4 is 17.6 Å². The second-order valence-electron chi connectivity index (χ2n) is 5.86. The zero-order valence-electron chi connectivity index (χ0n) is 15.9. The lowest BCUT2D eigenvalue weighted by molar-refractivity contribution is -0.155. The van der Waals surface area contributed by atoms with Gasteiger partial charge in [-0.25, -0.2) is 4.79 Å². The Bertz CT molecular complexity index is 740. The van der Waals surface area contributed by atoms with Crippen LogP contribution < -0.4 is 14.8 Å². The topological polar surface area (TPSA) is 73.9 Å². The van der Waals surface area contributed by atoms with Gasteiger partial charge in [0.1, 0.15) is 11.5 Å². The van der Waals surface area contributed by atoms with E-state index in [1.54, 1.807) is 24.3 Å². The van der Waals surface area contributed by atoms with E-state index in [4.69, 9.17) is 14.2 Å². The van der Waals surface area contributed by atoms with Gasteiger partial charge in [0, 0.05) is 5.69 Å². The van der Waals surface area contributed by atoms with Gasteiger partial charge < -0.3 is 19.5 Å². The Hall–Kier alpha value is -3.02. The van der Waals surface area contributed by atoms with Crippen LogP contribution in [0.4, 0.5) is 5.69 Å². The molecule has 0 bridgehead atoms. The number of rotatable bonds is 9. The van der Waals surface area contributed by atoms with Crippen LogP contribution in [0, 0.1) is 0 Å². The summed E-state index contributed by atoms with van der Waals surface area (Å²) in [5.41, 5.74) is 1.84. The van der Waals surface area contributed by atoms with Crippen molar-refractivity contribution in [2.75, 3.05) is 18.5 Å². The Balaban J connectivity index is 1.77. The van der Waals surface area contributed by atoms with Gasteiger partial charge in [-0.1, -0.05) is 19.1 Å². The van der Waals surface area contributed by atoms with E-state index in [1.807, 2.05) is 31.2 Å². The molecule has 6 heteroatoms. The predicted octanol–water partition coefficient (Wildman–Crippen LogP) is 3.60. The first-order valence-corrected chi connectivity index (χ1v) is 8.96. The zero-order chi connectivity index (χ0) is 19.6. The number of anilines is 1. The molecule has 0 spiro atoms. The quantitative estimate of drug-likeness (QED) is 0.682. The van der Waals surface area contributed by atoms with Crippen molar-refractivity contribution < 1.29 is 23.8 Å². The molecule has 1 amide bonds. The van der Waals surface area contributed by atoms with E-state index in [0.29, 0.717) is 18.0 Å². The summed E-state index contributed by atoms with van der Waals surface area (Å²) in [5, 5.41) is 2.72. The summed E-state index contributed by atoms with van der Waals surface area (Å²) in [5.74, 6) is 0.231. The standard InChI is InChI=1S/C21H25NO5/c1-4-16-6-8-17(9-7-16)22-21(24)15(3)27-20(23)14-26-19-12-10-18(11-13-19)25-5-2/h6-13,15H,4-5,14H2,1-3H3,(H,22,24)/t15-/m0/s1. The maximum atomic E-state index is 12.1. The number of hydrogen-bond acceptors (Lipinski definition) is 5. The molecule has 0 saturated heterocycles. The first-order chi connectivity index (χ1) is 13.0. The molecular weight excluding hydrogens is 346 g/mol. The van der Waals surface area contributed by atoms with Crippen LogP contribution >= 0.6 is 0 Å². The van der Waals surface area contributed by atoms with Crippen molar-refractivity contribution in [3.05, 3.63) is 54.1 Å². The lowest BCUT2D eigenvalue weighted by atomic mass is 10.1. The highest BCUT2D eigenvalue weighted by Gasteiger charge is 2.18. The minimum Gasteiger partial charge on any atom is -0.494 e. The molecule has 1 N–H and O–H groups in total. The van der Waals surface area contributed by atoms with Crippen molar-refractivity contribution in [1.82, 2.24) is 0 Å². The zero-order valence-corrected chi connectivity index (χ0v) is 15.9. The van der Waals surface area contributed by atoms with Gasteiger partial charge in [-0.05, 0) is 62.2 Å². The second kappa shape index (κ2) is 10.2. The third-order valence-corrected chi connectivity index (χ3v) is 3.80. The van der Waals surface area contributed by atoms with Gasteiger partial charge in [0.15, 0.2) is 12.7 Å². The fourth-order valence-electron chi connectivity index (χ4n) is 2.29. The van der Waals surface area contributed by atoms with E-state index in [9.17, 15) is 9.59 Å². The number of benzene rings is 2. The molecule has 27 heavy (non-hydrogen) atoms. The third-order valence-electron chi connectivity index (χ3n) is 3.80. The number of nitrogens with one attached hydrogen (secondary N) is 1. The molecule has 2 rings (SSSR count). The third kappa shape index (κ3) is 6.66. The van der Waals surface area contributed by atoms with Gasteiger partial charge in [0.2, 0.25) is 0 Å². The lowest BCUT2D eigenvalue weighted by Gasteiger charge is -2.14. The van der Waals surface area contributed by atoms with Crippen LogP contribution in [-0.4, -0.2) is 31.2 Å². The highest BCUT2D eigenvalue weighted by Crippen LogP contribution is 2.17. The van der Waals surface area contributed by atoms with Gasteiger partial charge in [0.25, 0.3) is 5.91 Å². The Morgan fingerprint density at radius 1 is 0.926 bits per heavy atom. The number of carbonyl (C=O) groups excluding carboxylic acids is 2. The van der Waals surface area contributed by atoms with Crippen molar-refractivity contribution in [3.8, 4) is 11.5 Å². The van der Waals surface area contributed by atoms with Crippen LogP contribution in [0.1, 0.15) is 26.3 Å². The first kappa shape index (κ1) is 20.3. The van der Waals surface area contributed by atoms with Gasteiger partial charge in [-0.3, -0.25) is 4.79 Å². The van der Waals surface area contributed by atoms with Gasteiger partial charge in [-0.15, -0.1) is 0 Å². The summed E-state index contributed by atoms with van der Waals surface area (Å²) in [6.07, 6.45) is 0.00337. The molecule has 0 aliphatic heterocycles. The predicted molar refractivity (Wildman–Crippen MR) is 103 cm³/mol. The van der Waals surface area contributed by atoms with Crippen LogP contribution in [0.3, 0.4) is 0 Å². The molecule has 0 aliphatic carbocycles. The summed E-state index contributed by atoms with van der Waals surface area (Å²) in [4.78, 5) is 24.0. The van der Waals surface area contributed by atoms with E-state index < -0.39 is 18.0 Å². The molecule has 0 heterocycles. The summed E-state index contributed by atoms with van der Waals surface area (Å²) >= 11 is 0. The maximum Gasteiger partial charge on any atom is 0.344 e. The highest BCUT2D eigenvalue weighted by atomic mass is 16.6. The molecular formula is C21H25NO5. The Kier molecular flexibility index (Phi) is 7.67. The average molecular weight is 371 g/mol. The minimum atomic E-state index is -0.924. The number of amides is 1. The van der Waals surface area contributed by atoms with Gasteiger partial charge in [0.05, 0.1) is 6.61 Å². The average Bonchev–Trinajstić information content (AvgIpc) is 2.68. The molecule has 144 valence electrons. The highest BCUT2D eigenvalue weighted by molar-refractivity contribution is 5.95. The normalized spacial score (nSPS) is 11.4. The molecule has 0 radical (unpaired) electrons. The van der Waals surface area contributed by atoms with Crippen molar-refractivity contribution in [2.45, 2.75) is 33.3 Å². The van der Waals surface area contributed by atoms with Crippen LogP contribution in [0.2, 0.25) is 0 Å². The van der Waals surface area contributed by atoms with E-state index in [-0.39, 0.29) is 6.61 Å². The fourth-order valence-corrected chi connectivity index (χ4v) is 2.29. The monoisotopic (exact) mass is 371 g/mol. The SMILES string of the molecule is CCOc1ccc(OCC(=O)O[C@@H](C)C(=O)Nc2ccc(CC)cc2)cc1. The van der Waals surface area contributed by atoms with Crippen molar-refractivity contribution in [3.63, 3.8) is 0 Å². The number of aryl methyl sites for hydroxylation is 1.